The van der Waals surface area contributed by atoms with Crippen molar-refractivity contribution in [3.63, 3.8) is 0 Å². The van der Waals surface area contributed by atoms with Gasteiger partial charge in [0.2, 0.25) is 5.95 Å². The van der Waals surface area contributed by atoms with E-state index in [1.807, 2.05) is 0 Å². The van der Waals surface area contributed by atoms with Gasteiger partial charge in [-0.2, -0.15) is 10.1 Å². The van der Waals surface area contributed by atoms with Crippen LogP contribution in [0.5, 0.6) is 0 Å². The summed E-state index contributed by atoms with van der Waals surface area (Å²) in [7, 11) is 0. The van der Waals surface area contributed by atoms with E-state index >= 15 is 0 Å². The summed E-state index contributed by atoms with van der Waals surface area (Å²) in [5, 5.41) is 14.2. The zero-order chi connectivity index (χ0) is 14.7. The summed E-state index contributed by atoms with van der Waals surface area (Å²) in [6.07, 6.45) is 6.40. The Morgan fingerprint density at radius 3 is 2.81 bits per heavy atom. The lowest BCUT2D eigenvalue weighted by Crippen LogP contribution is -2.16. The van der Waals surface area contributed by atoms with Gasteiger partial charge in [0.1, 0.15) is 5.82 Å². The fourth-order valence-corrected chi connectivity index (χ4v) is 2.59. The highest BCUT2D eigenvalue weighted by atomic mass is 35.5. The molecule has 2 aromatic rings. The van der Waals surface area contributed by atoms with Crippen molar-refractivity contribution in [3.8, 4) is 0 Å². The Labute approximate surface area is 127 Å². The summed E-state index contributed by atoms with van der Waals surface area (Å²) in [5.74, 6) is 0.575. The molecule has 110 valence electrons. The summed E-state index contributed by atoms with van der Waals surface area (Å²) in [6.45, 7) is 0. The Bertz CT molecular complexity index is 631. The molecule has 1 fully saturated rings. The molecule has 3 rings (SSSR count). The predicted octanol–water partition coefficient (Wildman–Crippen LogP) is 3.76. The lowest BCUT2D eigenvalue weighted by Gasteiger charge is -2.12. The second kappa shape index (κ2) is 6.22. The maximum Gasteiger partial charge on any atom is 0.249 e. The van der Waals surface area contributed by atoms with Crippen LogP contribution in [0.25, 0.3) is 0 Å². The van der Waals surface area contributed by atoms with E-state index in [1.54, 1.807) is 12.3 Å². The minimum Gasteiger partial charge on any atom is -0.366 e. The zero-order valence-electron chi connectivity index (χ0n) is 11.3. The van der Waals surface area contributed by atoms with E-state index in [9.17, 15) is 4.39 Å². The van der Waals surface area contributed by atoms with Crippen LogP contribution < -0.4 is 10.6 Å². The second-order valence-corrected chi connectivity index (χ2v) is 5.45. The largest absolute Gasteiger partial charge is 0.366 e. The minimum absolute atomic E-state index is 0.0493. The molecule has 0 radical (unpaired) electrons. The molecule has 1 aromatic carbocycles. The van der Waals surface area contributed by atoms with Gasteiger partial charge in [0.15, 0.2) is 5.82 Å². The molecule has 1 aliphatic carbocycles. The van der Waals surface area contributed by atoms with Crippen LogP contribution in [0, 0.1) is 5.82 Å². The number of benzene rings is 1. The molecule has 1 heterocycles. The molecule has 1 aromatic heterocycles. The van der Waals surface area contributed by atoms with Gasteiger partial charge in [-0.15, -0.1) is 5.10 Å². The number of hydrogen-bond acceptors (Lipinski definition) is 5. The first-order valence-electron chi connectivity index (χ1n) is 6.89. The van der Waals surface area contributed by atoms with Gasteiger partial charge in [-0.1, -0.05) is 24.4 Å². The van der Waals surface area contributed by atoms with Crippen molar-refractivity contribution in [2.24, 2.45) is 0 Å². The van der Waals surface area contributed by atoms with E-state index in [0.29, 0.717) is 23.5 Å². The Balaban J connectivity index is 1.71. The molecule has 0 saturated heterocycles. The van der Waals surface area contributed by atoms with E-state index < -0.39 is 5.82 Å². The predicted molar refractivity (Wildman–Crippen MR) is 80.4 cm³/mol. The van der Waals surface area contributed by atoms with Crippen LogP contribution in [0.3, 0.4) is 0 Å². The van der Waals surface area contributed by atoms with Crippen molar-refractivity contribution in [1.29, 1.82) is 0 Å². The van der Waals surface area contributed by atoms with Crippen molar-refractivity contribution in [3.05, 3.63) is 35.2 Å². The number of aromatic nitrogens is 3. The lowest BCUT2D eigenvalue weighted by molar-refractivity contribution is 0.628. The molecule has 5 nitrogen and oxygen atoms in total. The van der Waals surface area contributed by atoms with Crippen molar-refractivity contribution in [2.75, 3.05) is 10.6 Å². The van der Waals surface area contributed by atoms with Crippen molar-refractivity contribution in [1.82, 2.24) is 15.2 Å². The maximum absolute atomic E-state index is 13.1. The van der Waals surface area contributed by atoms with Crippen LogP contribution in [0.15, 0.2) is 24.4 Å². The average Bonchev–Trinajstić information content (AvgIpc) is 2.96. The van der Waals surface area contributed by atoms with Gasteiger partial charge < -0.3 is 10.6 Å². The van der Waals surface area contributed by atoms with Crippen molar-refractivity contribution < 1.29 is 4.39 Å². The van der Waals surface area contributed by atoms with Gasteiger partial charge in [-0.3, -0.25) is 0 Å². The molecule has 21 heavy (non-hydrogen) atoms. The van der Waals surface area contributed by atoms with E-state index in [0.717, 1.165) is 12.8 Å². The first kappa shape index (κ1) is 14.0. The minimum atomic E-state index is -0.460. The molecule has 0 atom stereocenters. The highest BCUT2D eigenvalue weighted by molar-refractivity contribution is 6.31. The molecular formula is C14H15ClFN5. The number of nitrogens with one attached hydrogen (secondary N) is 2. The van der Waals surface area contributed by atoms with Gasteiger partial charge in [-0.05, 0) is 31.0 Å². The van der Waals surface area contributed by atoms with Gasteiger partial charge in [0.05, 0.1) is 11.2 Å². The first-order chi connectivity index (χ1) is 10.2. The van der Waals surface area contributed by atoms with E-state index in [-0.39, 0.29) is 5.02 Å². The standard InChI is InChI=1S/C14H15ClFN5/c15-11-7-10(5-6-12(11)16)19-14-20-13(8-17-21-14)18-9-3-1-2-4-9/h5-9H,1-4H2,(H2,18,19,20,21). The molecule has 0 spiro atoms. The third-order valence-electron chi connectivity index (χ3n) is 3.44. The fraction of sp³-hybridized carbons (Fsp3) is 0.357. The SMILES string of the molecule is Fc1ccc(Nc2nncc(NC3CCCC3)n2)cc1Cl. The molecule has 7 heteroatoms. The highest BCUT2D eigenvalue weighted by Gasteiger charge is 2.15. The van der Waals surface area contributed by atoms with E-state index in [1.165, 1.54) is 25.0 Å². The Morgan fingerprint density at radius 1 is 1.24 bits per heavy atom. The van der Waals surface area contributed by atoms with Crippen LogP contribution in [0.2, 0.25) is 5.02 Å². The number of rotatable bonds is 4. The van der Waals surface area contributed by atoms with Gasteiger partial charge in [0, 0.05) is 11.7 Å². The smallest absolute Gasteiger partial charge is 0.249 e. The Morgan fingerprint density at radius 2 is 2.05 bits per heavy atom. The third-order valence-corrected chi connectivity index (χ3v) is 3.73. The molecule has 1 saturated carbocycles. The fourth-order valence-electron chi connectivity index (χ4n) is 2.41. The van der Waals surface area contributed by atoms with Crippen LogP contribution in [-0.4, -0.2) is 21.2 Å². The second-order valence-electron chi connectivity index (χ2n) is 5.04. The zero-order valence-corrected chi connectivity index (χ0v) is 12.1. The summed E-state index contributed by atoms with van der Waals surface area (Å²) >= 11 is 5.74. The summed E-state index contributed by atoms with van der Waals surface area (Å²) in [5.41, 5.74) is 0.612. The monoisotopic (exact) mass is 307 g/mol. The molecule has 2 N–H and O–H groups in total. The Hall–Kier alpha value is -1.95. The first-order valence-corrected chi connectivity index (χ1v) is 7.27. The van der Waals surface area contributed by atoms with E-state index in [4.69, 9.17) is 11.6 Å². The van der Waals surface area contributed by atoms with Crippen LogP contribution >= 0.6 is 11.6 Å². The quantitative estimate of drug-likeness (QED) is 0.900. The van der Waals surface area contributed by atoms with Crippen LogP contribution in [0.4, 0.5) is 21.8 Å². The normalized spacial score (nSPS) is 15.1. The Kier molecular flexibility index (Phi) is 4.15. The van der Waals surface area contributed by atoms with Crippen LogP contribution in [0.1, 0.15) is 25.7 Å². The van der Waals surface area contributed by atoms with Crippen molar-refractivity contribution in [2.45, 2.75) is 31.7 Å². The number of anilines is 3. The topological polar surface area (TPSA) is 62.7 Å². The van der Waals surface area contributed by atoms with Gasteiger partial charge in [-0.25, -0.2) is 4.39 Å². The maximum atomic E-state index is 13.1. The highest BCUT2D eigenvalue weighted by Crippen LogP contribution is 2.23. The van der Waals surface area contributed by atoms with E-state index in [2.05, 4.69) is 25.8 Å². The van der Waals surface area contributed by atoms with Gasteiger partial charge in [0.25, 0.3) is 0 Å². The molecule has 0 aliphatic heterocycles. The number of nitrogens with zero attached hydrogens (tertiary/aromatic N) is 3. The van der Waals surface area contributed by atoms with Gasteiger partial charge >= 0.3 is 0 Å². The molecule has 0 bridgehead atoms. The molecule has 1 aliphatic rings. The summed E-state index contributed by atoms with van der Waals surface area (Å²) in [6, 6.07) is 4.80. The summed E-state index contributed by atoms with van der Waals surface area (Å²) < 4.78 is 13.1. The molecular weight excluding hydrogens is 293 g/mol. The summed E-state index contributed by atoms with van der Waals surface area (Å²) in [4.78, 5) is 4.35. The van der Waals surface area contributed by atoms with Crippen molar-refractivity contribution >= 4 is 29.1 Å². The number of halogens is 2. The lowest BCUT2D eigenvalue weighted by atomic mass is 10.2. The number of hydrogen-bond donors (Lipinski definition) is 2. The average molecular weight is 308 g/mol. The van der Waals surface area contributed by atoms with Crippen LogP contribution in [-0.2, 0) is 0 Å². The third kappa shape index (κ3) is 3.58. The molecule has 0 amide bonds. The molecule has 0 unspecified atom stereocenters.